The fourth-order valence-corrected chi connectivity index (χ4v) is 3.62. The molecule has 0 bridgehead atoms. The Balaban J connectivity index is 1.55. The average molecular weight is 409 g/mol. The Hall–Kier alpha value is -3.35. The minimum Gasteiger partial charge on any atom is -0.334 e. The van der Waals surface area contributed by atoms with Gasteiger partial charge in [0.25, 0.3) is 11.8 Å². The largest absolute Gasteiger partial charge is 0.334 e. The number of urea groups is 1. The summed E-state index contributed by atoms with van der Waals surface area (Å²) in [6.07, 6.45) is 3.61. The Morgan fingerprint density at radius 3 is 2.17 bits per heavy atom. The molecule has 1 saturated carbocycles. The van der Waals surface area contributed by atoms with E-state index in [0.29, 0.717) is 24.9 Å². The molecule has 4 N–H and O–H groups in total. The van der Waals surface area contributed by atoms with Crippen LogP contribution in [0.15, 0.2) is 54.6 Å². The Kier molecular flexibility index (Phi) is 7.06. The SMILES string of the molecule is CCc1ccc(C(=O)NNC(=O)C2(NC(=O)NCc3ccccc3)CCCC2)cc1. The second-order valence-corrected chi connectivity index (χ2v) is 7.54. The highest BCUT2D eigenvalue weighted by Crippen LogP contribution is 2.29. The van der Waals surface area contributed by atoms with Crippen molar-refractivity contribution in [2.24, 2.45) is 0 Å². The number of hydrogen-bond donors (Lipinski definition) is 4. The fraction of sp³-hybridized carbons (Fsp3) is 0.348. The maximum Gasteiger partial charge on any atom is 0.315 e. The maximum absolute atomic E-state index is 12.8. The highest BCUT2D eigenvalue weighted by molar-refractivity contribution is 5.97. The molecule has 0 atom stereocenters. The zero-order chi connectivity index (χ0) is 21.4. The van der Waals surface area contributed by atoms with Crippen LogP contribution < -0.4 is 21.5 Å². The van der Waals surface area contributed by atoms with Crippen molar-refractivity contribution >= 4 is 17.8 Å². The molecule has 1 aliphatic rings. The first-order chi connectivity index (χ1) is 14.5. The molecule has 0 aliphatic heterocycles. The van der Waals surface area contributed by atoms with Gasteiger partial charge in [-0.1, -0.05) is 62.2 Å². The molecule has 0 unspecified atom stereocenters. The third-order valence-electron chi connectivity index (χ3n) is 5.45. The molecule has 30 heavy (non-hydrogen) atoms. The highest BCUT2D eigenvalue weighted by Gasteiger charge is 2.42. The minimum atomic E-state index is -1.03. The monoisotopic (exact) mass is 408 g/mol. The summed E-state index contributed by atoms with van der Waals surface area (Å²) in [5, 5.41) is 5.62. The van der Waals surface area contributed by atoms with Crippen molar-refractivity contribution in [1.82, 2.24) is 21.5 Å². The van der Waals surface area contributed by atoms with Gasteiger partial charge in [0.15, 0.2) is 0 Å². The van der Waals surface area contributed by atoms with Crippen molar-refractivity contribution in [1.29, 1.82) is 0 Å². The number of amides is 4. The van der Waals surface area contributed by atoms with Gasteiger partial charge in [0.05, 0.1) is 0 Å². The fourth-order valence-electron chi connectivity index (χ4n) is 3.62. The zero-order valence-electron chi connectivity index (χ0n) is 17.2. The summed E-state index contributed by atoms with van der Waals surface area (Å²) < 4.78 is 0. The number of carbonyl (C=O) groups is 3. The quantitative estimate of drug-likeness (QED) is 0.553. The molecule has 7 nitrogen and oxygen atoms in total. The van der Waals surface area contributed by atoms with Gasteiger partial charge in [0.1, 0.15) is 5.54 Å². The van der Waals surface area contributed by atoms with Crippen molar-refractivity contribution < 1.29 is 14.4 Å². The van der Waals surface area contributed by atoms with Crippen LogP contribution in [-0.4, -0.2) is 23.4 Å². The normalized spacial score (nSPS) is 14.6. The van der Waals surface area contributed by atoms with Gasteiger partial charge in [-0.15, -0.1) is 0 Å². The number of carbonyl (C=O) groups excluding carboxylic acids is 3. The van der Waals surface area contributed by atoms with Gasteiger partial charge >= 0.3 is 6.03 Å². The van der Waals surface area contributed by atoms with Gasteiger partial charge in [0, 0.05) is 12.1 Å². The van der Waals surface area contributed by atoms with Crippen LogP contribution in [0.5, 0.6) is 0 Å². The van der Waals surface area contributed by atoms with Crippen LogP contribution in [0.3, 0.4) is 0 Å². The molecule has 158 valence electrons. The first-order valence-corrected chi connectivity index (χ1v) is 10.3. The van der Waals surface area contributed by atoms with Crippen LogP contribution in [0.2, 0.25) is 0 Å². The van der Waals surface area contributed by atoms with E-state index < -0.39 is 23.4 Å². The minimum absolute atomic E-state index is 0.370. The molecule has 0 aromatic heterocycles. The van der Waals surface area contributed by atoms with Crippen LogP contribution in [-0.2, 0) is 17.8 Å². The molecular formula is C23H28N4O3. The lowest BCUT2D eigenvalue weighted by Gasteiger charge is -2.29. The first-order valence-electron chi connectivity index (χ1n) is 10.3. The average Bonchev–Trinajstić information content (AvgIpc) is 3.26. The van der Waals surface area contributed by atoms with Gasteiger partial charge in [-0.2, -0.15) is 0 Å². The number of rotatable bonds is 6. The van der Waals surface area contributed by atoms with Gasteiger partial charge in [-0.05, 0) is 42.5 Å². The van der Waals surface area contributed by atoms with Crippen LogP contribution in [0.25, 0.3) is 0 Å². The Morgan fingerprint density at radius 1 is 0.867 bits per heavy atom. The lowest BCUT2D eigenvalue weighted by atomic mass is 9.97. The van der Waals surface area contributed by atoms with E-state index in [2.05, 4.69) is 21.5 Å². The van der Waals surface area contributed by atoms with E-state index in [1.165, 1.54) is 0 Å². The van der Waals surface area contributed by atoms with Crippen molar-refractivity contribution in [3.05, 3.63) is 71.3 Å². The molecule has 0 saturated heterocycles. The standard InChI is InChI=1S/C23H28N4O3/c1-2-17-10-12-19(13-11-17)20(28)26-27-21(29)23(14-6-7-15-23)25-22(30)24-16-18-8-4-3-5-9-18/h3-5,8-13H,2,6-7,14-16H2,1H3,(H,26,28)(H,27,29)(H2,24,25,30). The molecule has 2 aromatic rings. The van der Waals surface area contributed by atoms with Crippen molar-refractivity contribution in [3.63, 3.8) is 0 Å². The summed E-state index contributed by atoms with van der Waals surface area (Å²) in [4.78, 5) is 37.6. The smallest absolute Gasteiger partial charge is 0.315 e. The van der Waals surface area contributed by atoms with Crippen LogP contribution in [0.4, 0.5) is 4.79 Å². The predicted octanol–water partition coefficient (Wildman–Crippen LogP) is 2.82. The van der Waals surface area contributed by atoms with E-state index in [4.69, 9.17) is 0 Å². The molecular weight excluding hydrogens is 380 g/mol. The third kappa shape index (κ3) is 5.37. The lowest BCUT2D eigenvalue weighted by Crippen LogP contribution is -2.61. The van der Waals surface area contributed by atoms with E-state index in [0.717, 1.165) is 30.4 Å². The van der Waals surface area contributed by atoms with Crippen molar-refractivity contribution in [2.45, 2.75) is 51.1 Å². The van der Waals surface area contributed by atoms with Crippen LogP contribution in [0, 0.1) is 0 Å². The second kappa shape index (κ2) is 9.91. The summed E-state index contributed by atoms with van der Waals surface area (Å²) in [5.74, 6) is -0.805. The zero-order valence-corrected chi connectivity index (χ0v) is 17.2. The van der Waals surface area contributed by atoms with E-state index in [-0.39, 0.29) is 0 Å². The van der Waals surface area contributed by atoms with Gasteiger partial charge < -0.3 is 10.6 Å². The summed E-state index contributed by atoms with van der Waals surface area (Å²) in [5.41, 5.74) is 6.48. The van der Waals surface area contributed by atoms with Crippen LogP contribution >= 0.6 is 0 Å². The molecule has 0 heterocycles. The van der Waals surface area contributed by atoms with Crippen LogP contribution in [0.1, 0.15) is 54.1 Å². The second-order valence-electron chi connectivity index (χ2n) is 7.54. The molecule has 1 fully saturated rings. The number of hydrazine groups is 1. The topological polar surface area (TPSA) is 99.3 Å². The molecule has 2 aromatic carbocycles. The molecule has 0 radical (unpaired) electrons. The van der Waals surface area contributed by atoms with E-state index in [9.17, 15) is 14.4 Å². The Labute approximate surface area is 176 Å². The Bertz CT molecular complexity index is 875. The number of benzene rings is 2. The van der Waals surface area contributed by atoms with Crippen molar-refractivity contribution in [3.8, 4) is 0 Å². The van der Waals surface area contributed by atoms with Gasteiger partial charge in [-0.3, -0.25) is 20.4 Å². The summed E-state index contributed by atoms with van der Waals surface area (Å²) in [6, 6.07) is 16.4. The molecule has 4 amide bonds. The first kappa shape index (κ1) is 21.4. The molecule has 0 spiro atoms. The number of aryl methyl sites for hydroxylation is 1. The summed E-state index contributed by atoms with van der Waals surface area (Å²) in [7, 11) is 0. The van der Waals surface area contributed by atoms with E-state index >= 15 is 0 Å². The predicted molar refractivity (Wildman–Crippen MR) is 114 cm³/mol. The third-order valence-corrected chi connectivity index (χ3v) is 5.45. The van der Waals surface area contributed by atoms with Crippen molar-refractivity contribution in [2.75, 3.05) is 0 Å². The van der Waals surface area contributed by atoms with E-state index in [1.54, 1.807) is 12.1 Å². The number of hydrogen-bond acceptors (Lipinski definition) is 3. The number of nitrogens with one attached hydrogen (secondary N) is 4. The Morgan fingerprint density at radius 2 is 1.53 bits per heavy atom. The summed E-state index contributed by atoms with van der Waals surface area (Å²) >= 11 is 0. The van der Waals surface area contributed by atoms with Gasteiger partial charge in [-0.25, -0.2) is 4.79 Å². The van der Waals surface area contributed by atoms with E-state index in [1.807, 2.05) is 49.4 Å². The van der Waals surface area contributed by atoms with Gasteiger partial charge in [0.2, 0.25) is 0 Å². The maximum atomic E-state index is 12.8. The lowest BCUT2D eigenvalue weighted by molar-refractivity contribution is -0.127. The molecule has 1 aliphatic carbocycles. The molecule has 7 heteroatoms. The highest BCUT2D eigenvalue weighted by atomic mass is 16.2. The molecule has 3 rings (SSSR count). The summed E-state index contributed by atoms with van der Waals surface area (Å²) in [6.45, 7) is 2.41.